The van der Waals surface area contributed by atoms with E-state index in [1.165, 1.54) is 0 Å². The molecule has 0 saturated carbocycles. The highest BCUT2D eigenvalue weighted by atomic mass is 79.9. The van der Waals surface area contributed by atoms with Gasteiger partial charge in [-0.3, -0.25) is 4.79 Å². The predicted octanol–water partition coefficient (Wildman–Crippen LogP) is 3.69. The van der Waals surface area contributed by atoms with Crippen LogP contribution in [0.2, 0.25) is 5.02 Å². The van der Waals surface area contributed by atoms with Crippen molar-refractivity contribution >= 4 is 33.5 Å². The van der Waals surface area contributed by atoms with Gasteiger partial charge in [-0.25, -0.2) is 0 Å². The van der Waals surface area contributed by atoms with Gasteiger partial charge in [0.2, 0.25) is 0 Å². The average Bonchev–Trinajstić information content (AvgIpc) is 2.28. The van der Waals surface area contributed by atoms with Crippen molar-refractivity contribution < 1.29 is 9.90 Å². The van der Waals surface area contributed by atoms with Crippen molar-refractivity contribution in [3.05, 3.63) is 33.3 Å². The van der Waals surface area contributed by atoms with Crippen molar-refractivity contribution in [2.45, 2.75) is 32.9 Å². The van der Waals surface area contributed by atoms with Crippen molar-refractivity contribution in [2.24, 2.45) is 5.92 Å². The fourth-order valence-corrected chi connectivity index (χ4v) is 2.18. The highest BCUT2D eigenvalue weighted by molar-refractivity contribution is 9.10. The molecule has 0 unspecified atom stereocenters. The van der Waals surface area contributed by atoms with Gasteiger partial charge in [-0.1, -0.05) is 31.5 Å². The minimum absolute atomic E-state index is 0.343. The van der Waals surface area contributed by atoms with Crippen molar-refractivity contribution in [3.8, 4) is 0 Å². The van der Waals surface area contributed by atoms with E-state index >= 15 is 0 Å². The number of nitrogens with one attached hydrogen (secondary N) is 1. The predicted molar refractivity (Wildman–Crippen MR) is 76.9 cm³/mol. The molecule has 1 rings (SSSR count). The van der Waals surface area contributed by atoms with Gasteiger partial charge in [0.25, 0.3) is 0 Å². The number of carbonyl (C=O) groups is 1. The quantitative estimate of drug-likeness (QED) is 0.834. The topological polar surface area (TPSA) is 49.3 Å². The lowest BCUT2D eigenvalue weighted by atomic mass is 10.0. The number of carboxylic acids is 1. The standard InChI is InChI=1S/C13H17BrClNO2/c1-8(2)5-12(13(17)18)16-7-9-3-4-11(15)10(14)6-9/h3-4,6,8,12,16H,5,7H2,1-2H3,(H,17,18)/t12-/m1/s1. The molecule has 100 valence electrons. The molecule has 0 saturated heterocycles. The largest absolute Gasteiger partial charge is 0.480 e. The summed E-state index contributed by atoms with van der Waals surface area (Å²) in [6.07, 6.45) is 0.615. The molecule has 1 atom stereocenters. The maximum atomic E-state index is 11.1. The summed E-state index contributed by atoms with van der Waals surface area (Å²) in [4.78, 5) is 11.1. The van der Waals surface area contributed by atoms with E-state index in [4.69, 9.17) is 16.7 Å². The second-order valence-electron chi connectivity index (χ2n) is 4.65. The van der Waals surface area contributed by atoms with Gasteiger partial charge in [0, 0.05) is 11.0 Å². The second-order valence-corrected chi connectivity index (χ2v) is 5.91. The van der Waals surface area contributed by atoms with Gasteiger partial charge in [-0.15, -0.1) is 0 Å². The smallest absolute Gasteiger partial charge is 0.320 e. The van der Waals surface area contributed by atoms with E-state index in [0.717, 1.165) is 10.0 Å². The van der Waals surface area contributed by atoms with E-state index in [1.807, 2.05) is 26.0 Å². The first-order valence-electron chi connectivity index (χ1n) is 5.80. The summed E-state index contributed by atoms with van der Waals surface area (Å²) in [5, 5.41) is 12.8. The molecule has 0 aliphatic rings. The minimum atomic E-state index is -0.809. The maximum absolute atomic E-state index is 11.1. The summed E-state index contributed by atoms with van der Waals surface area (Å²) in [6.45, 7) is 4.53. The van der Waals surface area contributed by atoms with Crippen LogP contribution in [0, 0.1) is 5.92 Å². The van der Waals surface area contributed by atoms with Gasteiger partial charge in [-0.05, 0) is 46.0 Å². The lowest BCUT2D eigenvalue weighted by molar-refractivity contribution is -0.140. The molecule has 1 aromatic rings. The molecule has 0 aromatic heterocycles. The van der Waals surface area contributed by atoms with Crippen molar-refractivity contribution in [2.75, 3.05) is 0 Å². The van der Waals surface area contributed by atoms with Gasteiger partial charge < -0.3 is 10.4 Å². The third-order valence-corrected chi connectivity index (χ3v) is 3.76. The number of benzene rings is 1. The van der Waals surface area contributed by atoms with Crippen molar-refractivity contribution in [1.29, 1.82) is 0 Å². The summed E-state index contributed by atoms with van der Waals surface area (Å²) in [5.74, 6) is -0.465. The number of carboxylic acid groups (broad SMARTS) is 1. The zero-order valence-electron chi connectivity index (χ0n) is 10.4. The van der Waals surface area contributed by atoms with Gasteiger partial charge >= 0.3 is 5.97 Å². The molecule has 0 radical (unpaired) electrons. The Bertz CT molecular complexity index is 423. The number of halogens is 2. The molecule has 18 heavy (non-hydrogen) atoms. The van der Waals surface area contributed by atoms with Gasteiger partial charge in [0.05, 0.1) is 5.02 Å². The van der Waals surface area contributed by atoms with Gasteiger partial charge in [0.15, 0.2) is 0 Å². The Balaban J connectivity index is 2.61. The second kappa shape index (κ2) is 7.12. The number of hydrogen-bond acceptors (Lipinski definition) is 2. The van der Waals surface area contributed by atoms with E-state index in [2.05, 4.69) is 21.2 Å². The molecule has 5 heteroatoms. The zero-order valence-corrected chi connectivity index (χ0v) is 12.8. The molecule has 2 N–H and O–H groups in total. The number of hydrogen-bond donors (Lipinski definition) is 2. The minimum Gasteiger partial charge on any atom is -0.480 e. The Kier molecular flexibility index (Phi) is 6.12. The number of rotatable bonds is 6. The van der Waals surface area contributed by atoms with Crippen LogP contribution in [0.5, 0.6) is 0 Å². The fourth-order valence-electron chi connectivity index (χ4n) is 1.63. The summed E-state index contributed by atoms with van der Waals surface area (Å²) < 4.78 is 0.819. The lowest BCUT2D eigenvalue weighted by Crippen LogP contribution is -2.37. The Morgan fingerprint density at radius 2 is 2.17 bits per heavy atom. The first-order chi connectivity index (χ1) is 8.40. The average molecular weight is 335 g/mol. The highest BCUT2D eigenvalue weighted by Crippen LogP contribution is 2.23. The lowest BCUT2D eigenvalue weighted by Gasteiger charge is -2.16. The van der Waals surface area contributed by atoms with Crippen LogP contribution in [-0.4, -0.2) is 17.1 Å². The third-order valence-electron chi connectivity index (χ3n) is 2.54. The molecule has 0 amide bonds. The summed E-state index contributed by atoms with van der Waals surface area (Å²) >= 11 is 9.25. The van der Waals surface area contributed by atoms with E-state index < -0.39 is 12.0 Å². The third kappa shape index (κ3) is 4.96. The summed E-state index contributed by atoms with van der Waals surface area (Å²) in [5.41, 5.74) is 1.00. The zero-order chi connectivity index (χ0) is 13.7. The molecular formula is C13H17BrClNO2. The number of aliphatic carboxylic acids is 1. The molecule has 3 nitrogen and oxygen atoms in total. The Morgan fingerprint density at radius 1 is 1.50 bits per heavy atom. The highest BCUT2D eigenvalue weighted by Gasteiger charge is 2.17. The van der Waals surface area contributed by atoms with Crippen LogP contribution in [0.3, 0.4) is 0 Å². The molecule has 0 aliphatic heterocycles. The first kappa shape index (κ1) is 15.5. The van der Waals surface area contributed by atoms with Crippen LogP contribution in [0.1, 0.15) is 25.8 Å². The molecule has 1 aromatic carbocycles. The van der Waals surface area contributed by atoms with E-state index in [-0.39, 0.29) is 0 Å². The van der Waals surface area contributed by atoms with Crippen LogP contribution >= 0.6 is 27.5 Å². The molecule has 0 fully saturated rings. The Labute approximate surface area is 121 Å². The van der Waals surface area contributed by atoms with Crippen molar-refractivity contribution in [1.82, 2.24) is 5.32 Å². The SMILES string of the molecule is CC(C)C[C@@H](NCc1ccc(Cl)c(Br)c1)C(=O)O. The fraction of sp³-hybridized carbons (Fsp3) is 0.462. The summed E-state index contributed by atoms with van der Waals surface area (Å²) in [6, 6.07) is 5.05. The van der Waals surface area contributed by atoms with Crippen LogP contribution < -0.4 is 5.32 Å². The van der Waals surface area contributed by atoms with E-state index in [0.29, 0.717) is 23.9 Å². The molecular weight excluding hydrogens is 318 g/mol. The van der Waals surface area contributed by atoms with Crippen molar-refractivity contribution in [3.63, 3.8) is 0 Å². The molecule has 0 heterocycles. The Morgan fingerprint density at radius 3 is 2.67 bits per heavy atom. The normalized spacial score (nSPS) is 12.7. The van der Waals surface area contributed by atoms with Gasteiger partial charge in [0.1, 0.15) is 6.04 Å². The van der Waals surface area contributed by atoms with Crippen LogP contribution in [0.25, 0.3) is 0 Å². The van der Waals surface area contributed by atoms with Crippen LogP contribution in [0.4, 0.5) is 0 Å². The van der Waals surface area contributed by atoms with E-state index in [1.54, 1.807) is 6.07 Å². The maximum Gasteiger partial charge on any atom is 0.320 e. The molecule has 0 bridgehead atoms. The summed E-state index contributed by atoms with van der Waals surface area (Å²) in [7, 11) is 0. The van der Waals surface area contributed by atoms with Gasteiger partial charge in [-0.2, -0.15) is 0 Å². The monoisotopic (exact) mass is 333 g/mol. The first-order valence-corrected chi connectivity index (χ1v) is 6.97. The van der Waals surface area contributed by atoms with Crippen LogP contribution in [-0.2, 0) is 11.3 Å². The van der Waals surface area contributed by atoms with E-state index in [9.17, 15) is 4.79 Å². The Hall–Kier alpha value is -0.580. The van der Waals surface area contributed by atoms with Crippen LogP contribution in [0.15, 0.2) is 22.7 Å². The molecule has 0 spiro atoms. The molecule has 0 aliphatic carbocycles.